The molecule has 1 heterocycles. The van der Waals surface area contributed by atoms with Gasteiger partial charge in [-0.1, -0.05) is 12.1 Å². The molecule has 0 radical (unpaired) electrons. The second-order valence-corrected chi connectivity index (χ2v) is 5.02. The van der Waals surface area contributed by atoms with E-state index in [1.165, 1.54) is 4.90 Å². The number of rotatable bonds is 5. The van der Waals surface area contributed by atoms with Gasteiger partial charge in [-0.05, 0) is 17.7 Å². The van der Waals surface area contributed by atoms with Gasteiger partial charge >= 0.3 is 5.97 Å². The first-order valence-electron chi connectivity index (χ1n) is 6.66. The lowest BCUT2D eigenvalue weighted by Crippen LogP contribution is -2.43. The average molecular weight is 287 g/mol. The van der Waals surface area contributed by atoms with Gasteiger partial charge in [-0.2, -0.15) is 0 Å². The van der Waals surface area contributed by atoms with Crippen molar-refractivity contribution < 1.29 is 19.4 Å². The molecule has 1 N–H and O–H groups in total. The molecule has 2 atom stereocenters. The second-order valence-electron chi connectivity index (χ2n) is 5.02. The van der Waals surface area contributed by atoms with Crippen LogP contribution in [0.2, 0.25) is 0 Å². The van der Waals surface area contributed by atoms with Gasteiger partial charge in [0.25, 0.3) is 0 Å². The summed E-state index contributed by atoms with van der Waals surface area (Å²) >= 11 is 0. The molecule has 1 saturated heterocycles. The normalized spacial score (nSPS) is 19.1. The SMILES string of the molecule is C#CC1CC(=O)N(C(Cc2cccc(OC)c2)C(=O)O)C1. The lowest BCUT2D eigenvalue weighted by molar-refractivity contribution is -0.148. The Morgan fingerprint density at radius 2 is 2.38 bits per heavy atom. The number of carbonyl (C=O) groups is 2. The Kier molecular flexibility index (Phi) is 4.49. The van der Waals surface area contributed by atoms with E-state index >= 15 is 0 Å². The number of carboxylic acid groups (broad SMARTS) is 1. The first-order chi connectivity index (χ1) is 10.0. The van der Waals surface area contributed by atoms with Crippen LogP contribution in [0.3, 0.4) is 0 Å². The van der Waals surface area contributed by atoms with Gasteiger partial charge in [0.05, 0.1) is 7.11 Å². The van der Waals surface area contributed by atoms with Crippen LogP contribution in [0.25, 0.3) is 0 Å². The molecule has 1 aromatic rings. The van der Waals surface area contributed by atoms with E-state index in [-0.39, 0.29) is 24.7 Å². The number of aliphatic carboxylic acids is 1. The summed E-state index contributed by atoms with van der Waals surface area (Å²) in [6.45, 7) is 0.302. The summed E-state index contributed by atoms with van der Waals surface area (Å²) < 4.78 is 5.12. The molecule has 1 amide bonds. The molecule has 0 aromatic heterocycles. The third kappa shape index (κ3) is 3.34. The third-order valence-corrected chi connectivity index (χ3v) is 3.62. The van der Waals surface area contributed by atoms with Gasteiger partial charge in [0.15, 0.2) is 0 Å². The summed E-state index contributed by atoms with van der Waals surface area (Å²) in [5.41, 5.74) is 0.804. The molecular weight excluding hydrogens is 270 g/mol. The zero-order valence-corrected chi connectivity index (χ0v) is 11.8. The Bertz CT molecular complexity index is 590. The number of carbonyl (C=O) groups excluding carboxylic acids is 1. The Balaban J connectivity index is 2.18. The van der Waals surface area contributed by atoms with Crippen molar-refractivity contribution in [2.75, 3.05) is 13.7 Å². The van der Waals surface area contributed by atoms with Crippen molar-refractivity contribution in [1.29, 1.82) is 0 Å². The second kappa shape index (κ2) is 6.31. The highest BCUT2D eigenvalue weighted by atomic mass is 16.5. The molecule has 2 unspecified atom stereocenters. The van der Waals surface area contributed by atoms with Crippen LogP contribution in [-0.4, -0.2) is 41.6 Å². The zero-order chi connectivity index (χ0) is 15.4. The molecule has 1 fully saturated rings. The summed E-state index contributed by atoms with van der Waals surface area (Å²) in [5, 5.41) is 9.42. The van der Waals surface area contributed by atoms with E-state index < -0.39 is 12.0 Å². The maximum Gasteiger partial charge on any atom is 0.326 e. The molecule has 0 bridgehead atoms. The average Bonchev–Trinajstić information content (AvgIpc) is 2.85. The van der Waals surface area contributed by atoms with Crippen molar-refractivity contribution in [3.8, 4) is 18.1 Å². The summed E-state index contributed by atoms with van der Waals surface area (Å²) in [4.78, 5) is 24.8. The van der Waals surface area contributed by atoms with Gasteiger partial charge in [-0.25, -0.2) is 4.79 Å². The number of benzene rings is 1. The van der Waals surface area contributed by atoms with Gasteiger partial charge in [0, 0.05) is 25.3 Å². The molecule has 1 aliphatic heterocycles. The number of carboxylic acids is 1. The minimum atomic E-state index is -1.02. The molecule has 0 spiro atoms. The summed E-state index contributed by atoms with van der Waals surface area (Å²) in [6.07, 6.45) is 5.78. The standard InChI is InChI=1S/C16H17NO4/c1-3-11-9-15(18)17(10-11)14(16(19)20)8-12-5-4-6-13(7-12)21-2/h1,4-7,11,14H,8-10H2,2H3,(H,19,20). The van der Waals surface area contributed by atoms with Crippen LogP contribution < -0.4 is 4.74 Å². The topological polar surface area (TPSA) is 66.8 Å². The number of hydrogen-bond donors (Lipinski definition) is 1. The lowest BCUT2D eigenvalue weighted by atomic mass is 10.0. The van der Waals surface area contributed by atoms with Crippen LogP contribution >= 0.6 is 0 Å². The Morgan fingerprint density at radius 3 is 2.95 bits per heavy atom. The largest absolute Gasteiger partial charge is 0.497 e. The smallest absolute Gasteiger partial charge is 0.326 e. The molecule has 5 nitrogen and oxygen atoms in total. The van der Waals surface area contributed by atoms with Gasteiger partial charge < -0.3 is 14.7 Å². The Morgan fingerprint density at radius 1 is 1.62 bits per heavy atom. The van der Waals surface area contributed by atoms with Crippen molar-refractivity contribution in [3.63, 3.8) is 0 Å². The van der Waals surface area contributed by atoms with E-state index in [9.17, 15) is 14.7 Å². The number of likely N-dealkylation sites (tertiary alicyclic amines) is 1. The Hall–Kier alpha value is -2.48. The number of amides is 1. The zero-order valence-electron chi connectivity index (χ0n) is 11.8. The third-order valence-electron chi connectivity index (χ3n) is 3.62. The lowest BCUT2D eigenvalue weighted by Gasteiger charge is -2.24. The van der Waals surface area contributed by atoms with Crippen molar-refractivity contribution in [1.82, 2.24) is 4.90 Å². The van der Waals surface area contributed by atoms with Crippen LogP contribution in [0.1, 0.15) is 12.0 Å². The monoisotopic (exact) mass is 287 g/mol. The van der Waals surface area contributed by atoms with Crippen LogP contribution in [0, 0.1) is 18.3 Å². The van der Waals surface area contributed by atoms with Crippen molar-refractivity contribution in [2.24, 2.45) is 5.92 Å². The van der Waals surface area contributed by atoms with Gasteiger partial charge in [0.2, 0.25) is 5.91 Å². The molecule has 1 aromatic carbocycles. The first-order valence-corrected chi connectivity index (χ1v) is 6.66. The van der Waals surface area contributed by atoms with Crippen molar-refractivity contribution in [2.45, 2.75) is 18.9 Å². The van der Waals surface area contributed by atoms with Crippen LogP contribution in [0.5, 0.6) is 5.75 Å². The number of terminal acetylenes is 1. The van der Waals surface area contributed by atoms with Gasteiger partial charge in [0.1, 0.15) is 11.8 Å². The minimum absolute atomic E-state index is 0.201. The predicted molar refractivity (Wildman–Crippen MR) is 76.8 cm³/mol. The molecule has 110 valence electrons. The van der Waals surface area contributed by atoms with Crippen molar-refractivity contribution >= 4 is 11.9 Å². The van der Waals surface area contributed by atoms with Gasteiger partial charge in [-0.15, -0.1) is 12.3 Å². The van der Waals surface area contributed by atoms with E-state index in [0.29, 0.717) is 12.3 Å². The van der Waals surface area contributed by atoms with Crippen molar-refractivity contribution in [3.05, 3.63) is 29.8 Å². The van der Waals surface area contributed by atoms with E-state index in [0.717, 1.165) is 5.56 Å². The number of methoxy groups -OCH3 is 1. The fraction of sp³-hybridized carbons (Fsp3) is 0.375. The van der Waals surface area contributed by atoms with E-state index in [4.69, 9.17) is 11.2 Å². The summed E-state index contributed by atoms with van der Waals surface area (Å²) in [6, 6.07) is 6.27. The van der Waals surface area contributed by atoms with E-state index in [1.54, 1.807) is 25.3 Å². The summed E-state index contributed by atoms with van der Waals surface area (Å²) in [5.74, 6) is 1.75. The molecular formula is C16H17NO4. The molecule has 0 aliphatic carbocycles. The van der Waals surface area contributed by atoms with Crippen LogP contribution in [0.4, 0.5) is 0 Å². The molecule has 1 aliphatic rings. The number of hydrogen-bond acceptors (Lipinski definition) is 3. The van der Waals surface area contributed by atoms with E-state index in [1.807, 2.05) is 6.07 Å². The maximum atomic E-state index is 11.9. The number of nitrogens with zero attached hydrogens (tertiary/aromatic N) is 1. The molecule has 0 saturated carbocycles. The quantitative estimate of drug-likeness (QED) is 0.826. The van der Waals surface area contributed by atoms with Crippen LogP contribution in [0.15, 0.2) is 24.3 Å². The maximum absolute atomic E-state index is 11.9. The number of ether oxygens (including phenoxy) is 1. The molecule has 5 heteroatoms. The molecule has 2 rings (SSSR count). The van der Waals surface area contributed by atoms with E-state index in [2.05, 4.69) is 5.92 Å². The highest BCUT2D eigenvalue weighted by Gasteiger charge is 2.37. The highest BCUT2D eigenvalue weighted by molar-refractivity contribution is 5.85. The Labute approximate surface area is 123 Å². The fourth-order valence-electron chi connectivity index (χ4n) is 2.50. The minimum Gasteiger partial charge on any atom is -0.497 e. The molecule has 21 heavy (non-hydrogen) atoms. The predicted octanol–water partition coefficient (Wildman–Crippen LogP) is 1.17. The first kappa shape index (κ1) is 14.9. The van der Waals surface area contributed by atoms with Crippen LogP contribution in [-0.2, 0) is 16.0 Å². The van der Waals surface area contributed by atoms with Gasteiger partial charge in [-0.3, -0.25) is 4.79 Å². The fourth-order valence-corrected chi connectivity index (χ4v) is 2.50. The summed E-state index contributed by atoms with van der Waals surface area (Å²) in [7, 11) is 1.55. The highest BCUT2D eigenvalue weighted by Crippen LogP contribution is 2.23.